The first-order valence-electron chi connectivity index (χ1n) is 12.0. The van der Waals surface area contributed by atoms with Crippen LogP contribution in [0.4, 0.5) is 0 Å². The van der Waals surface area contributed by atoms with Crippen LogP contribution in [0.5, 0.6) is 0 Å². The molecule has 0 spiro atoms. The van der Waals surface area contributed by atoms with E-state index in [0.29, 0.717) is 45.3 Å². The van der Waals surface area contributed by atoms with Gasteiger partial charge in [-0.25, -0.2) is 4.98 Å². The number of para-hydroxylation sites is 2. The van der Waals surface area contributed by atoms with Gasteiger partial charge in [0.05, 0.1) is 29.1 Å². The SMILES string of the molecule is O=C(NC12CC(C(=O)NCc3nc4ccccc4[nH]3)(C1)C2)[C@@H]1[C@H](O)CCN1Cc1ccccc1. The van der Waals surface area contributed by atoms with Crippen molar-refractivity contribution in [3.63, 3.8) is 0 Å². The summed E-state index contributed by atoms with van der Waals surface area (Å²) >= 11 is 0. The number of aliphatic hydroxyl groups is 1. The summed E-state index contributed by atoms with van der Waals surface area (Å²) in [4.78, 5) is 35.8. The topological polar surface area (TPSA) is 110 Å². The summed E-state index contributed by atoms with van der Waals surface area (Å²) in [6.45, 7) is 1.68. The van der Waals surface area contributed by atoms with Crippen molar-refractivity contribution in [2.75, 3.05) is 6.54 Å². The lowest BCUT2D eigenvalue weighted by atomic mass is 9.39. The number of nitrogens with zero attached hydrogens (tertiary/aromatic N) is 2. The van der Waals surface area contributed by atoms with Crippen molar-refractivity contribution in [2.24, 2.45) is 5.41 Å². The largest absolute Gasteiger partial charge is 0.391 e. The average Bonchev–Trinajstić information content (AvgIpc) is 3.37. The van der Waals surface area contributed by atoms with Gasteiger partial charge in [0.15, 0.2) is 0 Å². The van der Waals surface area contributed by atoms with Crippen LogP contribution in [0.3, 0.4) is 0 Å². The molecule has 2 aromatic carbocycles. The van der Waals surface area contributed by atoms with Gasteiger partial charge < -0.3 is 20.7 Å². The summed E-state index contributed by atoms with van der Waals surface area (Å²) in [7, 11) is 0. The van der Waals surface area contributed by atoms with Crippen molar-refractivity contribution in [3.05, 3.63) is 66.0 Å². The van der Waals surface area contributed by atoms with Gasteiger partial charge in [0.25, 0.3) is 0 Å². The van der Waals surface area contributed by atoms with Crippen LogP contribution in [0.2, 0.25) is 0 Å². The Balaban J connectivity index is 1.03. The third kappa shape index (κ3) is 3.58. The molecule has 3 saturated carbocycles. The molecule has 7 rings (SSSR count). The first-order chi connectivity index (χ1) is 16.5. The molecular formula is C26H29N5O3. The van der Waals surface area contributed by atoms with Crippen LogP contribution in [0.25, 0.3) is 11.0 Å². The predicted octanol–water partition coefficient (Wildman–Crippen LogP) is 1.85. The van der Waals surface area contributed by atoms with Crippen molar-refractivity contribution in [2.45, 2.75) is 56.5 Å². The Hall–Kier alpha value is -3.23. The number of benzene rings is 2. The third-order valence-corrected chi connectivity index (χ3v) is 7.72. The molecule has 2 atom stereocenters. The molecule has 1 aliphatic heterocycles. The zero-order valence-corrected chi connectivity index (χ0v) is 19.0. The van der Waals surface area contributed by atoms with E-state index in [4.69, 9.17) is 0 Å². The van der Waals surface area contributed by atoms with E-state index in [-0.39, 0.29) is 17.4 Å². The van der Waals surface area contributed by atoms with E-state index in [9.17, 15) is 14.7 Å². The molecule has 2 heterocycles. The van der Waals surface area contributed by atoms with Gasteiger partial charge >= 0.3 is 0 Å². The van der Waals surface area contributed by atoms with Crippen molar-refractivity contribution < 1.29 is 14.7 Å². The van der Waals surface area contributed by atoms with E-state index >= 15 is 0 Å². The number of rotatable bonds is 7. The van der Waals surface area contributed by atoms with E-state index in [0.717, 1.165) is 22.4 Å². The van der Waals surface area contributed by atoms with Gasteiger partial charge in [-0.3, -0.25) is 14.5 Å². The molecule has 4 N–H and O–H groups in total. The molecule has 3 aliphatic carbocycles. The van der Waals surface area contributed by atoms with Crippen molar-refractivity contribution >= 4 is 22.8 Å². The van der Waals surface area contributed by atoms with E-state index < -0.39 is 17.6 Å². The van der Waals surface area contributed by atoms with Crippen LogP contribution < -0.4 is 10.6 Å². The number of amides is 2. The minimum Gasteiger partial charge on any atom is -0.391 e. The number of aromatic amines is 1. The van der Waals surface area contributed by atoms with Crippen molar-refractivity contribution in [1.29, 1.82) is 0 Å². The maximum absolute atomic E-state index is 13.1. The monoisotopic (exact) mass is 459 g/mol. The summed E-state index contributed by atoms with van der Waals surface area (Å²) < 4.78 is 0. The highest BCUT2D eigenvalue weighted by Gasteiger charge is 2.72. The lowest BCUT2D eigenvalue weighted by Crippen LogP contribution is -2.79. The van der Waals surface area contributed by atoms with Crippen LogP contribution >= 0.6 is 0 Å². The second-order valence-corrected chi connectivity index (χ2v) is 10.2. The highest BCUT2D eigenvalue weighted by Crippen LogP contribution is 2.67. The normalized spacial score (nSPS) is 29.9. The number of hydrogen-bond acceptors (Lipinski definition) is 5. The average molecular weight is 460 g/mol. The summed E-state index contributed by atoms with van der Waals surface area (Å²) in [6, 6.07) is 17.2. The van der Waals surface area contributed by atoms with Gasteiger partial charge in [-0.15, -0.1) is 0 Å². The van der Waals surface area contributed by atoms with Gasteiger partial charge in [0.2, 0.25) is 11.8 Å². The Labute approximate surface area is 197 Å². The molecule has 4 aliphatic rings. The van der Waals surface area contributed by atoms with E-state index in [1.165, 1.54) is 0 Å². The summed E-state index contributed by atoms with van der Waals surface area (Å²) in [5.74, 6) is 0.630. The molecule has 1 aromatic heterocycles. The van der Waals surface area contributed by atoms with Crippen LogP contribution in [0, 0.1) is 5.41 Å². The molecule has 0 unspecified atom stereocenters. The number of aromatic nitrogens is 2. The lowest BCUT2D eigenvalue weighted by Gasteiger charge is -2.69. The Morgan fingerprint density at radius 1 is 1.09 bits per heavy atom. The molecule has 34 heavy (non-hydrogen) atoms. The summed E-state index contributed by atoms with van der Waals surface area (Å²) in [5, 5.41) is 16.7. The molecular weight excluding hydrogens is 430 g/mol. The quantitative estimate of drug-likeness (QED) is 0.431. The summed E-state index contributed by atoms with van der Waals surface area (Å²) in [6.07, 6.45) is 1.88. The number of imidazole rings is 1. The van der Waals surface area contributed by atoms with Crippen LogP contribution in [-0.2, 0) is 22.7 Å². The van der Waals surface area contributed by atoms with Gasteiger partial charge in [-0.05, 0) is 43.4 Å². The minimum absolute atomic E-state index is 0.0238. The molecule has 0 radical (unpaired) electrons. The number of fused-ring (bicyclic) bond motifs is 1. The molecule has 8 nitrogen and oxygen atoms in total. The fourth-order valence-electron chi connectivity index (χ4n) is 6.11. The first kappa shape index (κ1) is 21.3. The molecule has 4 fully saturated rings. The van der Waals surface area contributed by atoms with E-state index in [1.807, 2.05) is 54.6 Å². The standard InChI is InChI=1S/C26H29N5O3/c32-20-10-11-31(13-17-6-2-1-3-7-17)22(20)23(33)30-26-14-25(15-26,16-26)24(34)27-12-21-28-18-8-4-5-9-19(18)29-21/h1-9,20,22,32H,10-16H2,(H,27,34)(H,28,29)(H,30,33)/t20-,22+,25?,26?/m1/s1. The maximum atomic E-state index is 13.1. The highest BCUT2D eigenvalue weighted by atomic mass is 16.3. The molecule has 3 aromatic rings. The number of carbonyl (C=O) groups excluding carboxylic acids is 2. The Bertz CT molecular complexity index is 1190. The molecule has 2 amide bonds. The van der Waals surface area contributed by atoms with Crippen LogP contribution in [0.1, 0.15) is 37.1 Å². The van der Waals surface area contributed by atoms with Gasteiger partial charge in [0.1, 0.15) is 11.9 Å². The third-order valence-electron chi connectivity index (χ3n) is 7.72. The number of H-pyrrole nitrogens is 1. The number of nitrogens with one attached hydrogen (secondary N) is 3. The van der Waals surface area contributed by atoms with Gasteiger partial charge in [0, 0.05) is 18.6 Å². The van der Waals surface area contributed by atoms with Gasteiger partial charge in [-0.1, -0.05) is 42.5 Å². The Morgan fingerprint density at radius 3 is 2.59 bits per heavy atom. The molecule has 2 bridgehead atoms. The highest BCUT2D eigenvalue weighted by molar-refractivity contribution is 5.90. The Morgan fingerprint density at radius 2 is 1.82 bits per heavy atom. The maximum Gasteiger partial charge on any atom is 0.240 e. The molecule has 1 saturated heterocycles. The Kier molecular flexibility index (Phi) is 4.97. The number of carbonyl (C=O) groups is 2. The fraction of sp³-hybridized carbons (Fsp3) is 0.423. The number of aliphatic hydroxyl groups excluding tert-OH is 1. The lowest BCUT2D eigenvalue weighted by molar-refractivity contribution is -0.185. The first-order valence-corrected chi connectivity index (χ1v) is 12.0. The zero-order chi connectivity index (χ0) is 23.3. The minimum atomic E-state index is -0.669. The second kappa shape index (κ2) is 7.92. The van der Waals surface area contributed by atoms with Crippen molar-refractivity contribution in [3.8, 4) is 0 Å². The zero-order valence-electron chi connectivity index (χ0n) is 19.0. The number of hydrogen-bond donors (Lipinski definition) is 4. The van der Waals surface area contributed by atoms with Crippen LogP contribution in [0.15, 0.2) is 54.6 Å². The smallest absolute Gasteiger partial charge is 0.240 e. The fourth-order valence-corrected chi connectivity index (χ4v) is 6.11. The van der Waals surface area contributed by atoms with Gasteiger partial charge in [-0.2, -0.15) is 0 Å². The molecule has 8 heteroatoms. The van der Waals surface area contributed by atoms with Crippen LogP contribution in [-0.4, -0.2) is 56.0 Å². The van der Waals surface area contributed by atoms with E-state index in [2.05, 4.69) is 25.5 Å². The van der Waals surface area contributed by atoms with Crippen molar-refractivity contribution in [1.82, 2.24) is 25.5 Å². The number of likely N-dealkylation sites (tertiary alicyclic amines) is 1. The predicted molar refractivity (Wildman–Crippen MR) is 126 cm³/mol. The second-order valence-electron chi connectivity index (χ2n) is 10.2. The van der Waals surface area contributed by atoms with E-state index in [1.54, 1.807) is 0 Å². The molecule has 176 valence electrons. The summed E-state index contributed by atoms with van der Waals surface area (Å²) in [5.41, 5.74) is 2.26.